The Morgan fingerprint density at radius 3 is 2.16 bits per heavy atom. The van der Waals surface area contributed by atoms with Crippen LogP contribution in [0.15, 0.2) is 0 Å². The van der Waals surface area contributed by atoms with Gasteiger partial charge in [-0.1, -0.05) is 0 Å². The number of likely N-dealkylation sites (tertiary alicyclic amines) is 1. The molecule has 0 saturated carbocycles. The van der Waals surface area contributed by atoms with Gasteiger partial charge in [-0.15, -0.1) is 0 Å². The van der Waals surface area contributed by atoms with E-state index in [4.69, 9.17) is 0 Å². The molecule has 0 radical (unpaired) electrons. The van der Waals surface area contributed by atoms with Gasteiger partial charge in [0, 0.05) is 39.1 Å². The van der Waals surface area contributed by atoms with E-state index in [1.165, 1.54) is 10.6 Å². The van der Waals surface area contributed by atoms with Gasteiger partial charge >= 0.3 is 0 Å². The molecule has 1 saturated heterocycles. The zero-order chi connectivity index (χ0) is 14.5. The molecule has 0 aromatic heterocycles. The van der Waals surface area contributed by atoms with Crippen molar-refractivity contribution in [1.29, 1.82) is 0 Å². The highest BCUT2D eigenvalue weighted by atomic mass is 32.2. The molecule has 1 rings (SSSR count). The van der Waals surface area contributed by atoms with Crippen LogP contribution in [0.1, 0.15) is 19.3 Å². The van der Waals surface area contributed by atoms with Crippen molar-refractivity contribution in [1.82, 2.24) is 14.1 Å². The predicted molar refractivity (Wildman–Crippen MR) is 75.4 cm³/mol. The van der Waals surface area contributed by atoms with E-state index in [9.17, 15) is 13.2 Å². The van der Waals surface area contributed by atoms with Crippen LogP contribution in [-0.4, -0.2) is 81.5 Å². The zero-order valence-electron chi connectivity index (χ0n) is 12.1. The Labute approximate surface area is 116 Å². The largest absolute Gasteiger partial charge is 0.343 e. The van der Waals surface area contributed by atoms with Crippen molar-refractivity contribution in [2.24, 2.45) is 0 Å². The fourth-order valence-corrected chi connectivity index (χ4v) is 2.94. The van der Waals surface area contributed by atoms with Crippen LogP contribution in [0.5, 0.6) is 0 Å². The lowest BCUT2D eigenvalue weighted by Gasteiger charge is -2.23. The van der Waals surface area contributed by atoms with Crippen LogP contribution in [0.25, 0.3) is 0 Å². The Morgan fingerprint density at radius 1 is 1.11 bits per heavy atom. The van der Waals surface area contributed by atoms with E-state index >= 15 is 0 Å². The van der Waals surface area contributed by atoms with Gasteiger partial charge < -0.3 is 9.80 Å². The summed E-state index contributed by atoms with van der Waals surface area (Å²) in [4.78, 5) is 15.7. The van der Waals surface area contributed by atoms with E-state index in [1.54, 1.807) is 0 Å². The molecule has 1 aliphatic heterocycles. The maximum Gasteiger partial charge on any atom is 0.223 e. The van der Waals surface area contributed by atoms with Gasteiger partial charge in [0.2, 0.25) is 15.9 Å². The number of likely N-dealkylation sites (N-methyl/N-ethyl adjacent to an activating group) is 1. The normalized spacial score (nSPS) is 16.6. The maximum atomic E-state index is 11.9. The first-order valence-electron chi connectivity index (χ1n) is 6.68. The van der Waals surface area contributed by atoms with E-state index < -0.39 is 10.0 Å². The SMILES string of the molecule is CN(C)CCN(CCC(=O)N1CCCC1)S(C)(=O)=O. The molecule has 19 heavy (non-hydrogen) atoms. The van der Waals surface area contributed by atoms with Crippen molar-refractivity contribution >= 4 is 15.9 Å². The minimum atomic E-state index is -3.24. The number of carbonyl (C=O) groups is 1. The Hall–Kier alpha value is -0.660. The first-order chi connectivity index (χ1) is 8.80. The summed E-state index contributed by atoms with van der Waals surface area (Å²) in [5.74, 6) is 0.0657. The van der Waals surface area contributed by atoms with Gasteiger partial charge in [-0.05, 0) is 26.9 Å². The van der Waals surface area contributed by atoms with Gasteiger partial charge in [0.15, 0.2) is 0 Å². The maximum absolute atomic E-state index is 11.9. The van der Waals surface area contributed by atoms with Crippen molar-refractivity contribution < 1.29 is 13.2 Å². The lowest BCUT2D eigenvalue weighted by atomic mass is 10.3. The summed E-state index contributed by atoms with van der Waals surface area (Å²) in [6, 6.07) is 0. The van der Waals surface area contributed by atoms with E-state index in [1.807, 2.05) is 23.9 Å². The number of carbonyl (C=O) groups excluding carboxylic acids is 1. The monoisotopic (exact) mass is 291 g/mol. The van der Waals surface area contributed by atoms with Crippen molar-refractivity contribution in [3.8, 4) is 0 Å². The lowest BCUT2D eigenvalue weighted by molar-refractivity contribution is -0.130. The Bertz CT molecular complexity index is 389. The molecule has 0 spiro atoms. The van der Waals surface area contributed by atoms with Gasteiger partial charge in [0.1, 0.15) is 0 Å². The van der Waals surface area contributed by atoms with Crippen molar-refractivity contribution in [3.63, 3.8) is 0 Å². The number of sulfonamides is 1. The third kappa shape index (κ3) is 5.88. The van der Waals surface area contributed by atoms with Crippen LogP contribution >= 0.6 is 0 Å². The molecule has 1 aliphatic rings. The Balaban J connectivity index is 2.46. The van der Waals surface area contributed by atoms with Crippen LogP contribution in [0.4, 0.5) is 0 Å². The first-order valence-corrected chi connectivity index (χ1v) is 8.53. The summed E-state index contributed by atoms with van der Waals surface area (Å²) in [5, 5.41) is 0. The van der Waals surface area contributed by atoms with Crippen LogP contribution < -0.4 is 0 Å². The smallest absolute Gasteiger partial charge is 0.223 e. The van der Waals surface area contributed by atoms with Crippen molar-refractivity contribution in [3.05, 3.63) is 0 Å². The van der Waals surface area contributed by atoms with Gasteiger partial charge in [-0.3, -0.25) is 4.79 Å². The van der Waals surface area contributed by atoms with Crippen LogP contribution in [-0.2, 0) is 14.8 Å². The van der Waals surface area contributed by atoms with Crippen LogP contribution in [0, 0.1) is 0 Å². The molecule has 1 fully saturated rings. The lowest BCUT2D eigenvalue weighted by Crippen LogP contribution is -2.39. The standard InChI is InChI=1S/C12H25N3O3S/c1-13(2)10-11-15(19(3,17)18)9-6-12(16)14-7-4-5-8-14/h4-11H2,1-3H3. The minimum absolute atomic E-state index is 0.0657. The van der Waals surface area contributed by atoms with Gasteiger partial charge in [0.25, 0.3) is 0 Å². The molecular formula is C12H25N3O3S. The molecular weight excluding hydrogens is 266 g/mol. The molecule has 6 nitrogen and oxygen atoms in total. The molecule has 0 atom stereocenters. The Morgan fingerprint density at radius 2 is 1.68 bits per heavy atom. The highest BCUT2D eigenvalue weighted by Crippen LogP contribution is 2.10. The average Bonchev–Trinajstić information content (AvgIpc) is 2.79. The number of rotatable bonds is 7. The molecule has 112 valence electrons. The van der Waals surface area contributed by atoms with E-state index in [0.29, 0.717) is 13.1 Å². The summed E-state index contributed by atoms with van der Waals surface area (Å²) in [7, 11) is 0.553. The highest BCUT2D eigenvalue weighted by molar-refractivity contribution is 7.88. The Kier molecular flexibility index (Phi) is 6.22. The molecule has 0 aromatic carbocycles. The van der Waals surface area contributed by atoms with Crippen molar-refractivity contribution in [2.45, 2.75) is 19.3 Å². The second kappa shape index (κ2) is 7.21. The molecule has 0 N–H and O–H groups in total. The molecule has 0 aliphatic carbocycles. The van der Waals surface area contributed by atoms with Gasteiger partial charge in [-0.25, -0.2) is 12.7 Å². The summed E-state index contributed by atoms with van der Waals surface area (Å²) >= 11 is 0. The summed E-state index contributed by atoms with van der Waals surface area (Å²) in [6.07, 6.45) is 3.59. The molecule has 0 bridgehead atoms. The minimum Gasteiger partial charge on any atom is -0.343 e. The summed E-state index contributed by atoms with van der Waals surface area (Å²) in [5.41, 5.74) is 0. The second-order valence-electron chi connectivity index (χ2n) is 5.30. The quantitative estimate of drug-likeness (QED) is 0.653. The number of hydrogen-bond acceptors (Lipinski definition) is 4. The van der Waals surface area contributed by atoms with Crippen LogP contribution in [0.3, 0.4) is 0 Å². The van der Waals surface area contributed by atoms with Gasteiger partial charge in [-0.2, -0.15) is 0 Å². The third-order valence-electron chi connectivity index (χ3n) is 3.30. The molecule has 1 heterocycles. The molecule has 7 heteroatoms. The van der Waals surface area contributed by atoms with Crippen molar-refractivity contribution in [2.75, 3.05) is 53.1 Å². The van der Waals surface area contributed by atoms with Crippen LogP contribution in [0.2, 0.25) is 0 Å². The van der Waals surface area contributed by atoms with E-state index in [0.717, 1.165) is 25.9 Å². The topological polar surface area (TPSA) is 60.9 Å². The highest BCUT2D eigenvalue weighted by Gasteiger charge is 2.21. The van der Waals surface area contributed by atoms with E-state index in [-0.39, 0.29) is 18.9 Å². The molecule has 0 unspecified atom stereocenters. The van der Waals surface area contributed by atoms with Gasteiger partial charge in [0.05, 0.1) is 6.26 Å². The molecule has 1 amide bonds. The fraction of sp³-hybridized carbons (Fsp3) is 0.917. The summed E-state index contributed by atoms with van der Waals surface area (Å²) in [6.45, 7) is 3.00. The first kappa shape index (κ1) is 16.4. The number of nitrogens with zero attached hydrogens (tertiary/aromatic N) is 3. The fourth-order valence-electron chi connectivity index (χ4n) is 2.10. The number of amides is 1. The predicted octanol–water partition coefficient (Wildman–Crippen LogP) is -0.178. The molecule has 0 aromatic rings. The zero-order valence-corrected chi connectivity index (χ0v) is 12.9. The summed E-state index contributed by atoms with van der Waals surface area (Å²) < 4.78 is 24.7. The van der Waals surface area contributed by atoms with E-state index in [2.05, 4.69) is 0 Å². The average molecular weight is 291 g/mol. The number of hydrogen-bond donors (Lipinski definition) is 0. The second-order valence-corrected chi connectivity index (χ2v) is 7.29. The third-order valence-corrected chi connectivity index (χ3v) is 4.60.